The average molecular weight is 281 g/mol. The van der Waals surface area contributed by atoms with Gasteiger partial charge >= 0.3 is 0 Å². The Labute approximate surface area is 124 Å². The molecule has 0 unspecified atom stereocenters. The number of aromatic nitrogens is 1. The number of carbonyl (C=O) groups excluding carboxylic acids is 1. The highest BCUT2D eigenvalue weighted by atomic mass is 16.2. The van der Waals surface area contributed by atoms with Crippen LogP contribution in [0.15, 0.2) is 47.7 Å². The highest BCUT2D eigenvalue weighted by molar-refractivity contribution is 5.94. The molecule has 0 aliphatic heterocycles. The predicted molar refractivity (Wildman–Crippen MR) is 84.6 cm³/mol. The van der Waals surface area contributed by atoms with Gasteiger partial charge < -0.3 is 0 Å². The number of benzene rings is 1. The van der Waals surface area contributed by atoms with Crippen LogP contribution in [0.5, 0.6) is 0 Å². The molecule has 2 aromatic rings. The molecule has 0 fully saturated rings. The van der Waals surface area contributed by atoms with Gasteiger partial charge in [-0.1, -0.05) is 38.1 Å². The number of rotatable bonds is 4. The summed E-state index contributed by atoms with van der Waals surface area (Å²) >= 11 is 0. The van der Waals surface area contributed by atoms with E-state index in [4.69, 9.17) is 0 Å². The first-order chi connectivity index (χ1) is 10.1. The van der Waals surface area contributed by atoms with E-state index in [-0.39, 0.29) is 5.91 Å². The van der Waals surface area contributed by atoms with Crippen molar-refractivity contribution in [1.82, 2.24) is 10.4 Å². The fourth-order valence-electron chi connectivity index (χ4n) is 1.80. The molecular weight excluding hydrogens is 262 g/mol. The van der Waals surface area contributed by atoms with Gasteiger partial charge in [-0.2, -0.15) is 5.10 Å². The maximum atomic E-state index is 11.8. The van der Waals surface area contributed by atoms with Crippen LogP contribution in [-0.2, 0) is 0 Å². The quantitative estimate of drug-likeness (QED) is 0.690. The highest BCUT2D eigenvalue weighted by Gasteiger charge is 2.03. The molecule has 0 spiro atoms. The largest absolute Gasteiger partial charge is 0.272 e. The summed E-state index contributed by atoms with van der Waals surface area (Å²) < 4.78 is 0. The summed E-state index contributed by atoms with van der Waals surface area (Å²) in [7, 11) is 0. The molecule has 4 heteroatoms. The number of hydrogen-bond acceptors (Lipinski definition) is 3. The van der Waals surface area contributed by atoms with Gasteiger partial charge in [0.1, 0.15) is 0 Å². The number of amides is 1. The van der Waals surface area contributed by atoms with Crippen molar-refractivity contribution in [3.8, 4) is 0 Å². The Morgan fingerprint density at radius 2 is 1.90 bits per heavy atom. The molecule has 2 rings (SSSR count). The molecule has 0 aliphatic carbocycles. The third-order valence-corrected chi connectivity index (χ3v) is 3.16. The smallest absolute Gasteiger partial charge is 0.267 e. The lowest BCUT2D eigenvalue weighted by molar-refractivity contribution is 0.0955. The number of hydrogen-bond donors (Lipinski definition) is 1. The van der Waals surface area contributed by atoms with E-state index in [0.717, 1.165) is 11.3 Å². The topological polar surface area (TPSA) is 54.4 Å². The summed E-state index contributed by atoms with van der Waals surface area (Å²) in [5, 5.41) is 3.96. The van der Waals surface area contributed by atoms with Gasteiger partial charge in [0.05, 0.1) is 11.8 Å². The fourth-order valence-corrected chi connectivity index (χ4v) is 1.80. The monoisotopic (exact) mass is 281 g/mol. The zero-order valence-corrected chi connectivity index (χ0v) is 12.5. The Balaban J connectivity index is 1.95. The molecule has 0 saturated carbocycles. The molecule has 0 aliphatic rings. The van der Waals surface area contributed by atoms with E-state index in [1.54, 1.807) is 18.3 Å². The number of hydrazone groups is 1. The summed E-state index contributed by atoms with van der Waals surface area (Å²) in [6, 6.07) is 11.6. The minimum atomic E-state index is -0.266. The number of nitrogens with zero attached hydrogens (tertiary/aromatic N) is 2. The van der Waals surface area contributed by atoms with Gasteiger partial charge in [-0.05, 0) is 36.1 Å². The predicted octanol–water partition coefficient (Wildman–Crippen LogP) is 3.28. The van der Waals surface area contributed by atoms with Gasteiger partial charge in [0.15, 0.2) is 0 Å². The summed E-state index contributed by atoms with van der Waals surface area (Å²) in [4.78, 5) is 15.9. The highest BCUT2D eigenvalue weighted by Crippen LogP contribution is 2.13. The average Bonchev–Trinajstić information content (AvgIpc) is 2.48. The Kier molecular flexibility index (Phi) is 4.82. The minimum Gasteiger partial charge on any atom is -0.267 e. The van der Waals surface area contributed by atoms with Crippen molar-refractivity contribution >= 4 is 12.1 Å². The molecule has 0 atom stereocenters. The number of aryl methyl sites for hydroxylation is 1. The second kappa shape index (κ2) is 6.79. The second-order valence-electron chi connectivity index (χ2n) is 5.21. The standard InChI is InChI=1S/C17H19N3O/c1-12(2)15-8-5-14(6-9-15)10-19-20-17(21)16-7-4-13(3)18-11-16/h4-12H,1-3H3,(H,20,21)/b19-10+. The summed E-state index contributed by atoms with van der Waals surface area (Å²) in [5.74, 6) is 0.238. The van der Waals surface area contributed by atoms with Crippen LogP contribution >= 0.6 is 0 Å². The lowest BCUT2D eigenvalue weighted by Gasteiger charge is -2.04. The van der Waals surface area contributed by atoms with E-state index < -0.39 is 0 Å². The summed E-state index contributed by atoms with van der Waals surface area (Å²) in [6.45, 7) is 6.18. The molecule has 0 saturated heterocycles. The van der Waals surface area contributed by atoms with Crippen molar-refractivity contribution in [2.24, 2.45) is 5.10 Å². The van der Waals surface area contributed by atoms with E-state index in [9.17, 15) is 4.79 Å². The Hall–Kier alpha value is -2.49. The van der Waals surface area contributed by atoms with Gasteiger partial charge in [-0.25, -0.2) is 5.43 Å². The van der Waals surface area contributed by atoms with Gasteiger partial charge in [0.2, 0.25) is 0 Å². The van der Waals surface area contributed by atoms with Gasteiger partial charge in [0.25, 0.3) is 5.91 Å². The van der Waals surface area contributed by atoms with Crippen LogP contribution in [0.3, 0.4) is 0 Å². The van der Waals surface area contributed by atoms with Gasteiger partial charge in [-0.15, -0.1) is 0 Å². The van der Waals surface area contributed by atoms with E-state index in [2.05, 4.69) is 41.5 Å². The number of pyridine rings is 1. The zero-order chi connectivity index (χ0) is 15.2. The SMILES string of the molecule is Cc1ccc(C(=O)N/N=C/c2ccc(C(C)C)cc2)cn1. The van der Waals surface area contributed by atoms with Crippen molar-refractivity contribution in [2.45, 2.75) is 26.7 Å². The van der Waals surface area contributed by atoms with Crippen LogP contribution in [0.1, 0.15) is 46.9 Å². The molecule has 4 nitrogen and oxygen atoms in total. The Morgan fingerprint density at radius 3 is 2.48 bits per heavy atom. The summed E-state index contributed by atoms with van der Waals surface area (Å²) in [6.07, 6.45) is 3.17. The molecule has 1 N–H and O–H groups in total. The number of carbonyl (C=O) groups is 1. The van der Waals surface area contributed by atoms with E-state index in [0.29, 0.717) is 11.5 Å². The van der Waals surface area contributed by atoms with Crippen LogP contribution < -0.4 is 5.43 Å². The fraction of sp³-hybridized carbons (Fsp3) is 0.235. The Bertz CT molecular complexity index is 628. The molecule has 108 valence electrons. The van der Waals surface area contributed by atoms with Crippen LogP contribution in [0.2, 0.25) is 0 Å². The van der Waals surface area contributed by atoms with Crippen molar-refractivity contribution in [3.05, 3.63) is 65.0 Å². The molecule has 1 aromatic carbocycles. The van der Waals surface area contributed by atoms with E-state index in [1.807, 2.05) is 19.1 Å². The lowest BCUT2D eigenvalue weighted by Crippen LogP contribution is -2.17. The maximum Gasteiger partial charge on any atom is 0.272 e. The molecule has 0 radical (unpaired) electrons. The molecular formula is C17H19N3O. The number of nitrogens with one attached hydrogen (secondary N) is 1. The Morgan fingerprint density at radius 1 is 1.19 bits per heavy atom. The molecule has 1 amide bonds. The minimum absolute atomic E-state index is 0.266. The van der Waals surface area contributed by atoms with Crippen molar-refractivity contribution in [2.75, 3.05) is 0 Å². The zero-order valence-electron chi connectivity index (χ0n) is 12.5. The van der Waals surface area contributed by atoms with E-state index >= 15 is 0 Å². The summed E-state index contributed by atoms with van der Waals surface area (Å²) in [5.41, 5.74) is 6.09. The first-order valence-corrected chi connectivity index (χ1v) is 6.92. The van der Waals surface area contributed by atoms with Crippen molar-refractivity contribution < 1.29 is 4.79 Å². The first kappa shape index (κ1) is 14.9. The maximum absolute atomic E-state index is 11.8. The van der Waals surface area contributed by atoms with Crippen LogP contribution in [-0.4, -0.2) is 17.1 Å². The molecule has 21 heavy (non-hydrogen) atoms. The van der Waals surface area contributed by atoms with Crippen molar-refractivity contribution in [1.29, 1.82) is 0 Å². The first-order valence-electron chi connectivity index (χ1n) is 6.92. The second-order valence-corrected chi connectivity index (χ2v) is 5.21. The van der Waals surface area contributed by atoms with E-state index in [1.165, 1.54) is 11.8 Å². The van der Waals surface area contributed by atoms with Gasteiger partial charge in [0, 0.05) is 11.9 Å². The third kappa shape index (κ3) is 4.24. The molecule has 1 heterocycles. The molecule has 0 bridgehead atoms. The normalized spacial score (nSPS) is 11.0. The van der Waals surface area contributed by atoms with Gasteiger partial charge in [-0.3, -0.25) is 9.78 Å². The third-order valence-electron chi connectivity index (χ3n) is 3.16. The molecule has 1 aromatic heterocycles. The lowest BCUT2D eigenvalue weighted by atomic mass is 10.0. The van der Waals surface area contributed by atoms with Crippen LogP contribution in [0.25, 0.3) is 0 Å². The van der Waals surface area contributed by atoms with Crippen LogP contribution in [0, 0.1) is 6.92 Å². The van der Waals surface area contributed by atoms with Crippen LogP contribution in [0.4, 0.5) is 0 Å². The van der Waals surface area contributed by atoms with Crippen molar-refractivity contribution in [3.63, 3.8) is 0 Å².